The lowest BCUT2D eigenvalue weighted by molar-refractivity contribution is 0.0950. The van der Waals surface area contributed by atoms with Crippen molar-refractivity contribution in [2.24, 2.45) is 11.0 Å². The lowest BCUT2D eigenvalue weighted by Gasteiger charge is -2.05. The predicted octanol–water partition coefficient (Wildman–Crippen LogP) is 4.05. The van der Waals surface area contributed by atoms with Crippen LogP contribution in [0, 0.1) is 5.92 Å². The molecular formula is C22H24N4O2. The minimum absolute atomic E-state index is 0.347. The van der Waals surface area contributed by atoms with Crippen LogP contribution in [0.5, 0.6) is 5.75 Å². The highest BCUT2D eigenvalue weighted by molar-refractivity contribution is 5.94. The summed E-state index contributed by atoms with van der Waals surface area (Å²) in [6.07, 6.45) is 2.61. The Hall–Kier alpha value is -3.41. The second-order valence-electron chi connectivity index (χ2n) is 6.93. The molecule has 3 aromatic rings. The van der Waals surface area contributed by atoms with Crippen molar-refractivity contribution in [1.29, 1.82) is 0 Å². The van der Waals surface area contributed by atoms with Crippen molar-refractivity contribution in [2.45, 2.75) is 20.3 Å². The number of benzene rings is 2. The van der Waals surface area contributed by atoms with Crippen molar-refractivity contribution in [3.63, 3.8) is 0 Å². The highest BCUT2D eigenvalue weighted by atomic mass is 16.5. The molecule has 0 bridgehead atoms. The largest absolute Gasteiger partial charge is 0.497 e. The SMILES string of the molecule is COc1ccc(/C=N/NC(=O)c2cc(-c3ccc(CC(C)C)cc3)n[nH]2)cc1. The number of nitrogens with zero attached hydrogens (tertiary/aromatic N) is 2. The Bertz CT molecular complexity index is 941. The Kier molecular flexibility index (Phi) is 6.22. The highest BCUT2D eigenvalue weighted by Gasteiger charge is 2.10. The third-order valence-electron chi connectivity index (χ3n) is 4.21. The molecule has 0 atom stereocenters. The monoisotopic (exact) mass is 376 g/mol. The number of nitrogens with one attached hydrogen (secondary N) is 2. The maximum atomic E-state index is 12.2. The van der Waals surface area contributed by atoms with Crippen LogP contribution >= 0.6 is 0 Å². The zero-order valence-corrected chi connectivity index (χ0v) is 16.3. The van der Waals surface area contributed by atoms with E-state index in [4.69, 9.17) is 4.74 Å². The number of hydrogen-bond donors (Lipinski definition) is 2. The van der Waals surface area contributed by atoms with Gasteiger partial charge in [0.25, 0.3) is 5.91 Å². The molecule has 144 valence electrons. The van der Waals surface area contributed by atoms with Gasteiger partial charge in [-0.3, -0.25) is 9.89 Å². The first kappa shape index (κ1) is 19.4. The van der Waals surface area contributed by atoms with Gasteiger partial charge in [0.15, 0.2) is 0 Å². The highest BCUT2D eigenvalue weighted by Crippen LogP contribution is 2.19. The van der Waals surface area contributed by atoms with Gasteiger partial charge in [0, 0.05) is 5.56 Å². The number of hydrogen-bond acceptors (Lipinski definition) is 4. The summed E-state index contributed by atoms with van der Waals surface area (Å²) in [7, 11) is 1.61. The van der Waals surface area contributed by atoms with Gasteiger partial charge < -0.3 is 4.74 Å². The number of amides is 1. The van der Waals surface area contributed by atoms with E-state index in [2.05, 4.69) is 46.7 Å². The minimum atomic E-state index is -0.347. The van der Waals surface area contributed by atoms with Crippen LogP contribution in [0.4, 0.5) is 0 Å². The summed E-state index contributed by atoms with van der Waals surface area (Å²) in [4.78, 5) is 12.2. The van der Waals surface area contributed by atoms with E-state index >= 15 is 0 Å². The average Bonchev–Trinajstić information content (AvgIpc) is 3.19. The van der Waals surface area contributed by atoms with Crippen molar-refractivity contribution in [3.8, 4) is 17.0 Å². The Morgan fingerprint density at radius 1 is 1.18 bits per heavy atom. The van der Waals surface area contributed by atoms with Crippen molar-refractivity contribution in [1.82, 2.24) is 15.6 Å². The second kappa shape index (κ2) is 8.99. The number of aromatic nitrogens is 2. The Morgan fingerprint density at radius 3 is 2.54 bits per heavy atom. The third kappa shape index (κ3) is 5.07. The number of aromatic amines is 1. The molecule has 0 saturated carbocycles. The van der Waals surface area contributed by atoms with Crippen LogP contribution in [-0.2, 0) is 6.42 Å². The molecule has 1 amide bonds. The molecule has 0 aliphatic heterocycles. The number of carbonyl (C=O) groups is 1. The first-order valence-electron chi connectivity index (χ1n) is 9.17. The number of rotatable bonds is 7. The van der Waals surface area contributed by atoms with Crippen LogP contribution in [0.3, 0.4) is 0 Å². The fraction of sp³-hybridized carbons (Fsp3) is 0.227. The van der Waals surface area contributed by atoms with E-state index in [0.29, 0.717) is 11.6 Å². The van der Waals surface area contributed by atoms with E-state index < -0.39 is 0 Å². The Labute approximate surface area is 164 Å². The maximum absolute atomic E-state index is 12.2. The molecule has 6 heteroatoms. The van der Waals surface area contributed by atoms with Gasteiger partial charge >= 0.3 is 0 Å². The van der Waals surface area contributed by atoms with Crippen LogP contribution < -0.4 is 10.2 Å². The standard InChI is InChI=1S/C22H24N4O2/c1-15(2)12-16-4-8-18(9-5-16)20-13-21(25-24-20)22(27)26-23-14-17-6-10-19(28-3)11-7-17/h4-11,13-15H,12H2,1-3H3,(H,24,25)(H,26,27)/b23-14+. The zero-order valence-electron chi connectivity index (χ0n) is 16.3. The van der Waals surface area contributed by atoms with Crippen molar-refractivity contribution in [2.75, 3.05) is 7.11 Å². The molecule has 6 nitrogen and oxygen atoms in total. The molecule has 3 rings (SSSR count). The Balaban J connectivity index is 1.61. The normalized spacial score (nSPS) is 11.1. The molecule has 0 aliphatic carbocycles. The fourth-order valence-corrected chi connectivity index (χ4v) is 2.78. The first-order valence-corrected chi connectivity index (χ1v) is 9.17. The average molecular weight is 376 g/mol. The van der Waals surface area contributed by atoms with E-state index in [0.717, 1.165) is 29.0 Å². The fourth-order valence-electron chi connectivity index (χ4n) is 2.78. The summed E-state index contributed by atoms with van der Waals surface area (Å²) in [5, 5.41) is 11.0. The van der Waals surface area contributed by atoms with E-state index in [1.807, 2.05) is 36.4 Å². The molecule has 28 heavy (non-hydrogen) atoms. The molecule has 1 heterocycles. The summed E-state index contributed by atoms with van der Waals surface area (Å²) in [5.41, 5.74) is 6.69. The molecule has 2 aromatic carbocycles. The summed E-state index contributed by atoms with van der Waals surface area (Å²) < 4.78 is 5.11. The molecule has 0 aliphatic rings. The van der Waals surface area contributed by atoms with Crippen LogP contribution in [0.15, 0.2) is 59.7 Å². The van der Waals surface area contributed by atoms with Crippen molar-refractivity contribution in [3.05, 3.63) is 71.4 Å². The van der Waals surface area contributed by atoms with Gasteiger partial charge in [-0.1, -0.05) is 38.1 Å². The van der Waals surface area contributed by atoms with Crippen LogP contribution in [0.2, 0.25) is 0 Å². The summed E-state index contributed by atoms with van der Waals surface area (Å²) in [6.45, 7) is 4.40. The number of hydrazone groups is 1. The topological polar surface area (TPSA) is 79.4 Å². The Morgan fingerprint density at radius 2 is 1.89 bits per heavy atom. The molecule has 0 radical (unpaired) electrons. The summed E-state index contributed by atoms with van der Waals surface area (Å²) in [6, 6.07) is 17.3. The molecule has 0 saturated heterocycles. The molecular weight excluding hydrogens is 352 g/mol. The predicted molar refractivity (Wildman–Crippen MR) is 111 cm³/mol. The van der Waals surface area contributed by atoms with Gasteiger partial charge in [0.05, 0.1) is 19.0 Å². The number of methoxy groups -OCH3 is 1. The van der Waals surface area contributed by atoms with Gasteiger partial charge in [-0.2, -0.15) is 10.2 Å². The maximum Gasteiger partial charge on any atom is 0.289 e. The molecule has 0 spiro atoms. The number of carbonyl (C=O) groups excluding carboxylic acids is 1. The number of ether oxygens (including phenoxy) is 1. The van der Waals surface area contributed by atoms with Crippen LogP contribution in [0.1, 0.15) is 35.5 Å². The van der Waals surface area contributed by atoms with Gasteiger partial charge in [-0.05, 0) is 53.8 Å². The van der Waals surface area contributed by atoms with E-state index in [1.165, 1.54) is 5.56 Å². The van der Waals surface area contributed by atoms with Crippen molar-refractivity contribution < 1.29 is 9.53 Å². The zero-order chi connectivity index (χ0) is 19.9. The molecule has 0 fully saturated rings. The van der Waals surface area contributed by atoms with Gasteiger partial charge in [0.2, 0.25) is 0 Å². The van der Waals surface area contributed by atoms with Gasteiger partial charge in [-0.25, -0.2) is 5.43 Å². The summed E-state index contributed by atoms with van der Waals surface area (Å²) >= 11 is 0. The second-order valence-corrected chi connectivity index (χ2v) is 6.93. The minimum Gasteiger partial charge on any atom is -0.497 e. The van der Waals surface area contributed by atoms with E-state index in [1.54, 1.807) is 19.4 Å². The van der Waals surface area contributed by atoms with Gasteiger partial charge in [-0.15, -0.1) is 0 Å². The van der Waals surface area contributed by atoms with E-state index in [-0.39, 0.29) is 5.91 Å². The summed E-state index contributed by atoms with van der Waals surface area (Å²) in [5.74, 6) is 1.04. The molecule has 1 aromatic heterocycles. The number of H-pyrrole nitrogens is 1. The third-order valence-corrected chi connectivity index (χ3v) is 4.21. The van der Waals surface area contributed by atoms with E-state index in [9.17, 15) is 4.79 Å². The molecule has 2 N–H and O–H groups in total. The lowest BCUT2D eigenvalue weighted by Crippen LogP contribution is -2.17. The van der Waals surface area contributed by atoms with Crippen LogP contribution in [0.25, 0.3) is 11.3 Å². The van der Waals surface area contributed by atoms with Crippen molar-refractivity contribution >= 4 is 12.1 Å². The quantitative estimate of drug-likeness (QED) is 0.482. The van der Waals surface area contributed by atoms with Crippen LogP contribution in [-0.4, -0.2) is 29.4 Å². The smallest absolute Gasteiger partial charge is 0.289 e. The lowest BCUT2D eigenvalue weighted by atomic mass is 10.0. The van der Waals surface area contributed by atoms with Gasteiger partial charge in [0.1, 0.15) is 11.4 Å². The first-order chi connectivity index (χ1) is 13.5. The molecule has 0 unspecified atom stereocenters.